The third-order valence-electron chi connectivity index (χ3n) is 4.04. The molecular weight excluding hydrogens is 384 g/mol. The normalized spacial score (nSPS) is 12.9. The van der Waals surface area contributed by atoms with E-state index >= 15 is 0 Å². The fourth-order valence-corrected chi connectivity index (χ4v) is 3.83. The minimum Gasteiger partial charge on any atom is -0.349 e. The van der Waals surface area contributed by atoms with Gasteiger partial charge in [0.2, 0.25) is 15.9 Å². The first kappa shape index (κ1) is 19.4. The molecule has 142 valence electrons. The highest BCUT2D eigenvalue weighted by Crippen LogP contribution is 2.21. The molecule has 1 amide bonds. The summed E-state index contributed by atoms with van der Waals surface area (Å²) in [5.41, 5.74) is 3.75. The first-order valence-corrected chi connectivity index (χ1v) is 10.8. The average Bonchev–Trinajstić information content (AvgIpc) is 3.01. The SMILES string of the molecule is Cc1ccc2nc(SCC(=O)N[C@H](C)c3ccc(S(N)(=O)=O)cc3)[nH]c2c1. The maximum Gasteiger partial charge on any atom is 0.238 e. The lowest BCUT2D eigenvalue weighted by Crippen LogP contribution is -2.28. The van der Waals surface area contributed by atoms with E-state index in [1.54, 1.807) is 12.1 Å². The molecule has 1 heterocycles. The van der Waals surface area contributed by atoms with Gasteiger partial charge in [-0.05, 0) is 49.2 Å². The zero-order chi connectivity index (χ0) is 19.6. The van der Waals surface area contributed by atoms with Gasteiger partial charge < -0.3 is 10.3 Å². The van der Waals surface area contributed by atoms with Crippen LogP contribution in [0.2, 0.25) is 0 Å². The van der Waals surface area contributed by atoms with Gasteiger partial charge in [-0.1, -0.05) is 30.0 Å². The molecule has 9 heteroatoms. The Bertz CT molecular complexity index is 1080. The lowest BCUT2D eigenvalue weighted by Gasteiger charge is -2.14. The van der Waals surface area contributed by atoms with E-state index in [4.69, 9.17) is 5.14 Å². The van der Waals surface area contributed by atoms with Gasteiger partial charge in [0, 0.05) is 0 Å². The Kier molecular flexibility index (Phi) is 5.54. The summed E-state index contributed by atoms with van der Waals surface area (Å²) < 4.78 is 22.6. The highest BCUT2D eigenvalue weighted by atomic mass is 32.2. The number of primary sulfonamides is 1. The first-order chi connectivity index (χ1) is 12.7. The molecule has 0 aliphatic rings. The largest absolute Gasteiger partial charge is 0.349 e. The molecule has 0 saturated heterocycles. The van der Waals surface area contributed by atoms with Crippen LogP contribution in [0.1, 0.15) is 24.1 Å². The zero-order valence-corrected chi connectivity index (χ0v) is 16.5. The monoisotopic (exact) mass is 404 g/mol. The number of aryl methyl sites for hydroxylation is 1. The summed E-state index contributed by atoms with van der Waals surface area (Å²) >= 11 is 1.33. The molecule has 1 atom stereocenters. The average molecular weight is 405 g/mol. The van der Waals surface area contributed by atoms with Crippen molar-refractivity contribution in [3.63, 3.8) is 0 Å². The molecule has 0 saturated carbocycles. The molecule has 0 aliphatic carbocycles. The van der Waals surface area contributed by atoms with Crippen LogP contribution in [0.3, 0.4) is 0 Å². The summed E-state index contributed by atoms with van der Waals surface area (Å²) in [6.45, 7) is 3.84. The van der Waals surface area contributed by atoms with E-state index in [-0.39, 0.29) is 22.6 Å². The molecule has 0 spiro atoms. The van der Waals surface area contributed by atoms with Crippen molar-refractivity contribution in [1.82, 2.24) is 15.3 Å². The van der Waals surface area contributed by atoms with Crippen molar-refractivity contribution in [2.75, 3.05) is 5.75 Å². The topological polar surface area (TPSA) is 118 Å². The van der Waals surface area contributed by atoms with Gasteiger partial charge in [-0.25, -0.2) is 18.5 Å². The fraction of sp³-hybridized carbons (Fsp3) is 0.222. The molecular formula is C18H20N4O3S2. The van der Waals surface area contributed by atoms with Crippen LogP contribution in [0, 0.1) is 6.92 Å². The standard InChI is InChI=1S/C18H20N4O3S2/c1-11-3-8-15-16(9-11)22-18(21-15)26-10-17(23)20-12(2)13-4-6-14(7-5-13)27(19,24)25/h3-9,12H,10H2,1-2H3,(H,20,23)(H,21,22)(H2,19,24,25)/t12-/m1/s1. The van der Waals surface area contributed by atoms with Crippen molar-refractivity contribution >= 4 is 38.7 Å². The van der Waals surface area contributed by atoms with Crippen LogP contribution in [-0.2, 0) is 14.8 Å². The number of imidazole rings is 1. The van der Waals surface area contributed by atoms with Crippen molar-refractivity contribution in [3.8, 4) is 0 Å². The predicted molar refractivity (Wildman–Crippen MR) is 106 cm³/mol. The van der Waals surface area contributed by atoms with E-state index in [0.717, 1.165) is 22.2 Å². The van der Waals surface area contributed by atoms with Crippen molar-refractivity contribution < 1.29 is 13.2 Å². The molecule has 0 radical (unpaired) electrons. The van der Waals surface area contributed by atoms with Gasteiger partial charge in [0.05, 0.1) is 27.7 Å². The van der Waals surface area contributed by atoms with Crippen LogP contribution in [0.5, 0.6) is 0 Å². The lowest BCUT2D eigenvalue weighted by molar-refractivity contribution is -0.119. The molecule has 4 N–H and O–H groups in total. The number of fused-ring (bicyclic) bond motifs is 1. The third-order valence-corrected chi connectivity index (χ3v) is 5.84. The van der Waals surface area contributed by atoms with Crippen molar-refractivity contribution in [1.29, 1.82) is 0 Å². The van der Waals surface area contributed by atoms with Gasteiger partial charge in [0.15, 0.2) is 5.16 Å². The Morgan fingerprint density at radius 1 is 1.26 bits per heavy atom. The minimum atomic E-state index is -3.72. The molecule has 0 aliphatic heterocycles. The summed E-state index contributed by atoms with van der Waals surface area (Å²) in [4.78, 5) is 19.9. The Morgan fingerprint density at radius 3 is 2.63 bits per heavy atom. The van der Waals surface area contributed by atoms with Gasteiger partial charge in [-0.2, -0.15) is 0 Å². The number of amides is 1. The van der Waals surface area contributed by atoms with Gasteiger partial charge in [0.25, 0.3) is 0 Å². The Labute approximate surface area is 161 Å². The summed E-state index contributed by atoms with van der Waals surface area (Å²) in [5.74, 6) is 0.0814. The number of aromatic nitrogens is 2. The van der Waals surface area contributed by atoms with Crippen LogP contribution < -0.4 is 10.5 Å². The Hall–Kier alpha value is -2.36. The Balaban J connectivity index is 1.58. The van der Waals surface area contributed by atoms with Gasteiger partial charge in [-0.15, -0.1) is 0 Å². The number of benzene rings is 2. The number of rotatable bonds is 6. The van der Waals surface area contributed by atoms with Crippen LogP contribution in [0.25, 0.3) is 11.0 Å². The second kappa shape index (κ2) is 7.71. The second-order valence-corrected chi connectivity index (χ2v) is 8.78. The fourth-order valence-electron chi connectivity index (χ4n) is 2.61. The summed E-state index contributed by atoms with van der Waals surface area (Å²) in [6, 6.07) is 11.8. The molecule has 0 fully saturated rings. The quantitative estimate of drug-likeness (QED) is 0.546. The third kappa shape index (κ3) is 4.88. The van der Waals surface area contributed by atoms with E-state index in [1.807, 2.05) is 32.0 Å². The van der Waals surface area contributed by atoms with Crippen LogP contribution in [-0.4, -0.2) is 30.0 Å². The molecule has 2 aromatic carbocycles. The lowest BCUT2D eigenvalue weighted by atomic mass is 10.1. The number of nitrogens with zero attached hydrogens (tertiary/aromatic N) is 1. The van der Waals surface area contributed by atoms with E-state index < -0.39 is 10.0 Å². The minimum absolute atomic E-state index is 0.0421. The van der Waals surface area contributed by atoms with Gasteiger partial charge in [0.1, 0.15) is 0 Å². The summed E-state index contributed by atoms with van der Waals surface area (Å²) in [5, 5.41) is 8.66. The molecule has 0 unspecified atom stereocenters. The molecule has 0 bridgehead atoms. The maximum absolute atomic E-state index is 12.2. The molecule has 3 aromatic rings. The van der Waals surface area contributed by atoms with E-state index in [1.165, 1.54) is 23.9 Å². The van der Waals surface area contributed by atoms with E-state index in [0.29, 0.717) is 5.16 Å². The summed E-state index contributed by atoms with van der Waals surface area (Å²) in [6.07, 6.45) is 0. The number of hydrogen-bond donors (Lipinski definition) is 3. The van der Waals surface area contributed by atoms with Crippen LogP contribution >= 0.6 is 11.8 Å². The van der Waals surface area contributed by atoms with Gasteiger partial charge in [-0.3, -0.25) is 4.79 Å². The maximum atomic E-state index is 12.2. The second-order valence-electron chi connectivity index (χ2n) is 6.25. The number of nitrogens with one attached hydrogen (secondary N) is 2. The number of sulfonamides is 1. The number of aromatic amines is 1. The molecule has 27 heavy (non-hydrogen) atoms. The van der Waals surface area contributed by atoms with Gasteiger partial charge >= 0.3 is 0 Å². The molecule has 1 aromatic heterocycles. The van der Waals surface area contributed by atoms with E-state index in [9.17, 15) is 13.2 Å². The smallest absolute Gasteiger partial charge is 0.238 e. The number of thioether (sulfide) groups is 1. The molecule has 7 nitrogen and oxygen atoms in total. The highest BCUT2D eigenvalue weighted by molar-refractivity contribution is 7.99. The van der Waals surface area contributed by atoms with Crippen molar-refractivity contribution in [3.05, 3.63) is 53.6 Å². The predicted octanol–water partition coefficient (Wildman–Crippen LogP) is 2.49. The number of carbonyl (C=O) groups is 1. The van der Waals surface area contributed by atoms with Crippen molar-refractivity contribution in [2.45, 2.75) is 29.9 Å². The first-order valence-electron chi connectivity index (χ1n) is 8.23. The van der Waals surface area contributed by atoms with Crippen LogP contribution in [0.15, 0.2) is 52.5 Å². The van der Waals surface area contributed by atoms with Crippen molar-refractivity contribution in [2.24, 2.45) is 5.14 Å². The van der Waals surface area contributed by atoms with E-state index in [2.05, 4.69) is 15.3 Å². The highest BCUT2D eigenvalue weighted by Gasteiger charge is 2.13. The number of hydrogen-bond acceptors (Lipinski definition) is 5. The zero-order valence-electron chi connectivity index (χ0n) is 14.9. The number of H-pyrrole nitrogens is 1. The van der Waals surface area contributed by atoms with Crippen LogP contribution in [0.4, 0.5) is 0 Å². The number of carbonyl (C=O) groups excluding carboxylic acids is 1. The summed E-state index contributed by atoms with van der Waals surface area (Å²) in [7, 11) is -3.72. The molecule has 3 rings (SSSR count). The Morgan fingerprint density at radius 2 is 1.96 bits per heavy atom. The number of nitrogens with two attached hydrogens (primary N) is 1.